The number of anilines is 1. The maximum atomic E-state index is 12.6. The lowest BCUT2D eigenvalue weighted by Gasteiger charge is -2.37. The van der Waals surface area contributed by atoms with E-state index in [1.165, 1.54) is 11.3 Å². The number of hydrogen-bond donors (Lipinski definition) is 0. The zero-order valence-electron chi connectivity index (χ0n) is 18.7. The van der Waals surface area contributed by atoms with Crippen molar-refractivity contribution >= 4 is 15.7 Å². The first-order valence-corrected chi connectivity index (χ1v) is 12.5. The third-order valence-corrected chi connectivity index (χ3v) is 8.84. The van der Waals surface area contributed by atoms with Crippen molar-refractivity contribution in [2.75, 3.05) is 31.1 Å². The average Bonchev–Trinajstić information content (AvgIpc) is 2.65. The lowest BCUT2D eigenvalue weighted by atomic mass is 9.91. The molecule has 0 saturated carbocycles. The topological polar surface area (TPSA) is 49.9 Å². The Morgan fingerprint density at radius 2 is 1.55 bits per heavy atom. The minimum Gasteiger partial charge on any atom is -0.372 e. The van der Waals surface area contributed by atoms with Gasteiger partial charge in [-0.25, -0.2) is 12.7 Å². The summed E-state index contributed by atoms with van der Waals surface area (Å²) in [5, 5.41) is 0. The van der Waals surface area contributed by atoms with Crippen LogP contribution in [0.15, 0.2) is 24.3 Å². The number of ether oxygens (including phenoxy) is 1. The Balaban J connectivity index is 1.48. The summed E-state index contributed by atoms with van der Waals surface area (Å²) < 4.78 is 32.0. The first kappa shape index (κ1) is 22.6. The van der Waals surface area contributed by atoms with Gasteiger partial charge >= 0.3 is 0 Å². The number of aryl methyl sites for hydroxylation is 1. The van der Waals surface area contributed by atoms with Crippen molar-refractivity contribution in [1.82, 2.24) is 4.31 Å². The molecule has 5 nitrogen and oxygen atoms in total. The van der Waals surface area contributed by atoms with Crippen molar-refractivity contribution in [3.63, 3.8) is 0 Å². The van der Waals surface area contributed by atoms with Gasteiger partial charge in [-0.3, -0.25) is 0 Å². The SMILES string of the molecule is C[C@@H]1CN(c2ccc(CCC3CCN(S(=O)(=O)C(C)(C)C)CC3)cc2)C[C@H](C)O1. The molecule has 2 saturated heterocycles. The van der Waals surface area contributed by atoms with Crippen LogP contribution in [0.5, 0.6) is 0 Å². The van der Waals surface area contributed by atoms with Crippen LogP contribution >= 0.6 is 0 Å². The molecule has 2 aliphatic heterocycles. The molecule has 2 fully saturated rings. The van der Waals surface area contributed by atoms with E-state index in [-0.39, 0.29) is 12.2 Å². The molecule has 6 heteroatoms. The summed E-state index contributed by atoms with van der Waals surface area (Å²) in [6.07, 6.45) is 4.67. The second kappa shape index (κ2) is 8.94. The van der Waals surface area contributed by atoms with E-state index in [9.17, 15) is 8.42 Å². The summed E-state index contributed by atoms with van der Waals surface area (Å²) in [6, 6.07) is 8.97. The average molecular weight is 423 g/mol. The Kier molecular flexibility index (Phi) is 6.96. The summed E-state index contributed by atoms with van der Waals surface area (Å²) in [7, 11) is -3.19. The van der Waals surface area contributed by atoms with Crippen LogP contribution in [0, 0.1) is 5.92 Å². The number of rotatable bonds is 5. The second-order valence-electron chi connectivity index (χ2n) is 9.83. The largest absolute Gasteiger partial charge is 0.372 e. The lowest BCUT2D eigenvalue weighted by molar-refractivity contribution is -0.00521. The number of hydrogen-bond acceptors (Lipinski definition) is 4. The Morgan fingerprint density at radius 3 is 2.07 bits per heavy atom. The number of piperidine rings is 1. The van der Waals surface area contributed by atoms with E-state index in [0.717, 1.165) is 38.8 Å². The number of morpholine rings is 1. The maximum absolute atomic E-state index is 12.6. The van der Waals surface area contributed by atoms with Crippen LogP contribution in [0.25, 0.3) is 0 Å². The fraction of sp³-hybridized carbons (Fsp3) is 0.739. The molecule has 0 aliphatic carbocycles. The molecule has 164 valence electrons. The molecule has 0 N–H and O–H groups in total. The fourth-order valence-electron chi connectivity index (χ4n) is 4.46. The van der Waals surface area contributed by atoms with Gasteiger partial charge < -0.3 is 9.64 Å². The quantitative estimate of drug-likeness (QED) is 0.718. The van der Waals surface area contributed by atoms with Gasteiger partial charge in [0.1, 0.15) is 0 Å². The standard InChI is InChI=1S/C23H38N2O3S/c1-18-16-24(17-19(2)28-18)22-10-8-20(9-11-22)6-7-21-12-14-25(15-13-21)29(26,27)23(3,4)5/h8-11,18-19,21H,6-7,12-17H2,1-5H3/t18-,19+. The van der Waals surface area contributed by atoms with Crippen LogP contribution in [0.4, 0.5) is 5.69 Å². The van der Waals surface area contributed by atoms with E-state index in [0.29, 0.717) is 19.0 Å². The van der Waals surface area contributed by atoms with Crippen LogP contribution in [0.2, 0.25) is 0 Å². The van der Waals surface area contributed by atoms with Crippen LogP contribution < -0.4 is 4.90 Å². The van der Waals surface area contributed by atoms with Gasteiger partial charge in [0.2, 0.25) is 10.0 Å². The van der Waals surface area contributed by atoms with Gasteiger partial charge in [0, 0.05) is 31.9 Å². The van der Waals surface area contributed by atoms with E-state index in [1.807, 2.05) is 0 Å². The third kappa shape index (κ3) is 5.53. The molecule has 1 aromatic rings. The van der Waals surface area contributed by atoms with Crippen molar-refractivity contribution < 1.29 is 13.2 Å². The van der Waals surface area contributed by atoms with E-state index < -0.39 is 14.8 Å². The van der Waals surface area contributed by atoms with Gasteiger partial charge in [-0.15, -0.1) is 0 Å². The highest BCUT2D eigenvalue weighted by Crippen LogP contribution is 2.29. The zero-order valence-corrected chi connectivity index (χ0v) is 19.5. The Hall–Kier alpha value is -1.11. The van der Waals surface area contributed by atoms with Gasteiger partial charge in [-0.05, 0) is 83.9 Å². The minimum absolute atomic E-state index is 0.270. The van der Waals surface area contributed by atoms with Crippen LogP contribution in [-0.2, 0) is 21.2 Å². The normalized spacial score (nSPS) is 25.3. The predicted octanol–water partition coefficient (Wildman–Crippen LogP) is 4.07. The van der Waals surface area contributed by atoms with Crippen molar-refractivity contribution in [1.29, 1.82) is 0 Å². The number of nitrogens with zero attached hydrogens (tertiary/aromatic N) is 2. The molecule has 0 bridgehead atoms. The van der Waals surface area contributed by atoms with Gasteiger partial charge in [-0.2, -0.15) is 0 Å². The highest BCUT2D eigenvalue weighted by molar-refractivity contribution is 7.90. The molecule has 0 amide bonds. The third-order valence-electron chi connectivity index (χ3n) is 6.25. The van der Waals surface area contributed by atoms with E-state index >= 15 is 0 Å². The molecule has 1 aromatic carbocycles. The van der Waals surface area contributed by atoms with Crippen molar-refractivity contribution in [2.24, 2.45) is 5.92 Å². The van der Waals surface area contributed by atoms with E-state index in [2.05, 4.69) is 43.0 Å². The second-order valence-corrected chi connectivity index (χ2v) is 12.5. The molecule has 29 heavy (non-hydrogen) atoms. The monoisotopic (exact) mass is 422 g/mol. The zero-order chi connectivity index (χ0) is 21.2. The highest BCUT2D eigenvalue weighted by Gasteiger charge is 2.37. The predicted molar refractivity (Wildman–Crippen MR) is 120 cm³/mol. The fourth-order valence-corrected chi connectivity index (χ4v) is 5.92. The molecular formula is C23H38N2O3S. The van der Waals surface area contributed by atoms with Crippen molar-refractivity contribution in [3.05, 3.63) is 29.8 Å². The molecule has 0 unspecified atom stereocenters. The molecule has 2 atom stereocenters. The lowest BCUT2D eigenvalue weighted by Crippen LogP contribution is -2.46. The highest BCUT2D eigenvalue weighted by atomic mass is 32.2. The Morgan fingerprint density at radius 1 is 1.00 bits per heavy atom. The minimum atomic E-state index is -3.19. The summed E-state index contributed by atoms with van der Waals surface area (Å²) in [5.41, 5.74) is 2.64. The summed E-state index contributed by atoms with van der Waals surface area (Å²) >= 11 is 0. The molecular weight excluding hydrogens is 384 g/mol. The summed E-state index contributed by atoms with van der Waals surface area (Å²) in [5.74, 6) is 0.613. The molecule has 2 heterocycles. The number of sulfonamides is 1. The Bertz CT molecular complexity index is 752. The Labute approximate surface area is 177 Å². The number of benzene rings is 1. The molecule has 0 radical (unpaired) electrons. The maximum Gasteiger partial charge on any atom is 0.219 e. The smallest absolute Gasteiger partial charge is 0.219 e. The molecule has 2 aliphatic rings. The molecule has 0 spiro atoms. The van der Waals surface area contributed by atoms with Crippen LogP contribution in [0.1, 0.15) is 59.4 Å². The van der Waals surface area contributed by atoms with E-state index in [1.54, 1.807) is 25.1 Å². The van der Waals surface area contributed by atoms with Gasteiger partial charge in [0.05, 0.1) is 17.0 Å². The van der Waals surface area contributed by atoms with Crippen LogP contribution in [-0.4, -0.2) is 55.9 Å². The van der Waals surface area contributed by atoms with Crippen molar-refractivity contribution in [3.8, 4) is 0 Å². The first-order chi connectivity index (χ1) is 13.6. The van der Waals surface area contributed by atoms with Crippen molar-refractivity contribution in [2.45, 2.75) is 77.3 Å². The first-order valence-electron chi connectivity index (χ1n) is 11.1. The van der Waals surface area contributed by atoms with E-state index in [4.69, 9.17) is 4.74 Å². The summed E-state index contributed by atoms with van der Waals surface area (Å²) in [6.45, 7) is 12.8. The molecule has 3 rings (SSSR count). The molecule has 0 aromatic heterocycles. The van der Waals surface area contributed by atoms with Gasteiger partial charge in [-0.1, -0.05) is 12.1 Å². The van der Waals surface area contributed by atoms with Crippen LogP contribution in [0.3, 0.4) is 0 Å². The summed E-state index contributed by atoms with van der Waals surface area (Å²) in [4.78, 5) is 2.41. The van der Waals surface area contributed by atoms with Gasteiger partial charge in [0.15, 0.2) is 0 Å². The van der Waals surface area contributed by atoms with Gasteiger partial charge in [0.25, 0.3) is 0 Å².